The average Bonchev–Trinajstić information content (AvgIpc) is 3.79. The van der Waals surface area contributed by atoms with Gasteiger partial charge in [0, 0.05) is 27.0 Å². The summed E-state index contributed by atoms with van der Waals surface area (Å²) < 4.78 is 18.0. The highest BCUT2D eigenvalue weighted by molar-refractivity contribution is 7.94. The molecule has 4 aromatic carbocycles. The molecule has 0 radical (unpaired) electrons. The Kier molecular flexibility index (Phi) is 13.8. The van der Waals surface area contributed by atoms with Crippen LogP contribution < -0.4 is 17.1 Å². The van der Waals surface area contributed by atoms with E-state index in [-0.39, 0.29) is 5.69 Å². The number of carbonyl (C=O) groups is 2. The summed E-state index contributed by atoms with van der Waals surface area (Å²) >= 11 is 1.96. The summed E-state index contributed by atoms with van der Waals surface area (Å²) in [5.41, 5.74) is 6.54. The number of aromatic carboxylic acids is 1. The number of benzene rings is 4. The molecule has 1 amide bonds. The number of aromatic nitrogens is 4. The third-order valence-electron chi connectivity index (χ3n) is 7.46. The first-order chi connectivity index (χ1) is 26.3. The Hall–Kier alpha value is -5.50. The SMILES string of the molecule is Cc1ccc(-c2cc(C(=O)O)nn2-c2ccc(SOON)cc2)cc1.Cc1ccc(-c2cc(NC(=O)OC(C)(C)C)nn2-c2ccc(SOON)cc2)cc1. The summed E-state index contributed by atoms with van der Waals surface area (Å²) in [6.07, 6.45) is -0.562. The second kappa shape index (κ2) is 18.7. The number of anilines is 1. The fourth-order valence-corrected chi connectivity index (χ4v) is 5.72. The van der Waals surface area contributed by atoms with Crippen molar-refractivity contribution in [3.8, 4) is 33.9 Å². The summed E-state index contributed by atoms with van der Waals surface area (Å²) in [4.78, 5) is 33.3. The Morgan fingerprint density at radius 1 is 0.673 bits per heavy atom. The molecule has 0 saturated heterocycles. The number of nitrogens with one attached hydrogen (secondary N) is 1. The van der Waals surface area contributed by atoms with Crippen molar-refractivity contribution in [3.63, 3.8) is 0 Å². The zero-order valence-electron chi connectivity index (χ0n) is 30.5. The van der Waals surface area contributed by atoms with Crippen LogP contribution in [0.4, 0.5) is 10.6 Å². The van der Waals surface area contributed by atoms with E-state index in [0.29, 0.717) is 11.5 Å². The Bertz CT molecular complexity index is 2190. The van der Waals surface area contributed by atoms with Gasteiger partial charge in [-0.25, -0.2) is 19.0 Å². The van der Waals surface area contributed by atoms with E-state index in [4.69, 9.17) is 16.5 Å². The molecular formula is C38H39N7O8S2. The van der Waals surface area contributed by atoms with Crippen LogP contribution in [0.1, 0.15) is 42.4 Å². The smallest absolute Gasteiger partial charge is 0.413 e. The van der Waals surface area contributed by atoms with E-state index in [9.17, 15) is 14.7 Å². The summed E-state index contributed by atoms with van der Waals surface area (Å²) in [7, 11) is 0. The molecule has 0 saturated carbocycles. The summed E-state index contributed by atoms with van der Waals surface area (Å²) in [5, 5.41) is 20.8. The van der Waals surface area contributed by atoms with Crippen LogP contribution in [0.5, 0.6) is 0 Å². The largest absolute Gasteiger partial charge is 0.476 e. The third-order valence-corrected chi connectivity index (χ3v) is 8.69. The number of nitrogens with two attached hydrogens (primary N) is 2. The molecule has 55 heavy (non-hydrogen) atoms. The van der Waals surface area contributed by atoms with E-state index in [2.05, 4.69) is 34.2 Å². The van der Waals surface area contributed by atoms with Crippen molar-refractivity contribution in [2.24, 2.45) is 11.8 Å². The Labute approximate surface area is 325 Å². The number of amides is 1. The number of hydrogen-bond acceptors (Lipinski definition) is 13. The zero-order chi connectivity index (χ0) is 39.5. The Morgan fingerprint density at radius 3 is 1.53 bits per heavy atom. The molecule has 15 nitrogen and oxygen atoms in total. The van der Waals surface area contributed by atoms with Crippen LogP contribution in [-0.4, -0.2) is 42.3 Å². The molecule has 0 spiro atoms. The maximum Gasteiger partial charge on any atom is 0.413 e. The molecule has 0 atom stereocenters. The lowest BCUT2D eigenvalue weighted by Gasteiger charge is -2.19. The van der Waals surface area contributed by atoms with Gasteiger partial charge in [-0.15, -0.1) is 23.7 Å². The van der Waals surface area contributed by atoms with Crippen LogP contribution in [0.15, 0.2) is 119 Å². The predicted molar refractivity (Wildman–Crippen MR) is 209 cm³/mol. The summed E-state index contributed by atoms with van der Waals surface area (Å²) in [6, 6.07) is 33.9. The van der Waals surface area contributed by atoms with Crippen LogP contribution in [-0.2, 0) is 23.4 Å². The van der Waals surface area contributed by atoms with E-state index in [1.807, 2.05) is 113 Å². The maximum absolute atomic E-state index is 12.2. The highest BCUT2D eigenvalue weighted by atomic mass is 32.2. The lowest BCUT2D eigenvalue weighted by molar-refractivity contribution is -0.195. The van der Waals surface area contributed by atoms with Crippen LogP contribution in [0.3, 0.4) is 0 Å². The number of carbonyl (C=O) groups excluding carboxylic acids is 1. The fraction of sp³-hybridized carbons (Fsp3) is 0.158. The van der Waals surface area contributed by atoms with Crippen molar-refractivity contribution in [3.05, 3.63) is 126 Å². The van der Waals surface area contributed by atoms with Crippen molar-refractivity contribution in [2.45, 2.75) is 50.0 Å². The zero-order valence-corrected chi connectivity index (χ0v) is 32.1. The second-order valence-electron chi connectivity index (χ2n) is 12.8. The van der Waals surface area contributed by atoms with Gasteiger partial charge in [0.2, 0.25) is 0 Å². The highest BCUT2D eigenvalue weighted by Gasteiger charge is 2.20. The van der Waals surface area contributed by atoms with Gasteiger partial charge in [-0.05, 0) is 89.2 Å². The average molecular weight is 786 g/mol. The molecule has 6 N–H and O–H groups in total. The Balaban J connectivity index is 0.000000214. The minimum Gasteiger partial charge on any atom is -0.476 e. The molecule has 2 aromatic heterocycles. The molecule has 0 fully saturated rings. The molecule has 17 heteroatoms. The number of rotatable bonds is 12. The van der Waals surface area contributed by atoms with Crippen LogP contribution in [0.25, 0.3) is 33.9 Å². The normalized spacial score (nSPS) is 11.1. The maximum atomic E-state index is 12.2. The predicted octanol–water partition coefficient (Wildman–Crippen LogP) is 8.40. The summed E-state index contributed by atoms with van der Waals surface area (Å²) in [5.74, 6) is 8.99. The minimum absolute atomic E-state index is 0.0195. The van der Waals surface area contributed by atoms with E-state index in [1.54, 1.807) is 39.7 Å². The van der Waals surface area contributed by atoms with Gasteiger partial charge in [-0.1, -0.05) is 59.7 Å². The molecular weight excluding hydrogens is 747 g/mol. The van der Waals surface area contributed by atoms with Gasteiger partial charge in [0.25, 0.3) is 0 Å². The van der Waals surface area contributed by atoms with Gasteiger partial charge >= 0.3 is 12.1 Å². The van der Waals surface area contributed by atoms with Crippen LogP contribution in [0, 0.1) is 13.8 Å². The molecule has 0 aliphatic heterocycles. The first-order valence-electron chi connectivity index (χ1n) is 16.5. The fourth-order valence-electron chi connectivity index (χ4n) is 4.99. The molecule has 6 aromatic rings. The number of nitrogens with zero attached hydrogens (tertiary/aromatic N) is 4. The molecule has 2 heterocycles. The van der Waals surface area contributed by atoms with Crippen molar-refractivity contribution in [2.75, 3.05) is 5.32 Å². The van der Waals surface area contributed by atoms with Crippen molar-refractivity contribution < 1.29 is 38.1 Å². The van der Waals surface area contributed by atoms with E-state index in [1.165, 1.54) is 0 Å². The highest BCUT2D eigenvalue weighted by Crippen LogP contribution is 2.29. The number of hydrogen-bond donors (Lipinski definition) is 4. The van der Waals surface area contributed by atoms with Crippen LogP contribution in [0.2, 0.25) is 0 Å². The molecule has 0 bridgehead atoms. The van der Waals surface area contributed by atoms with Gasteiger partial charge in [-0.2, -0.15) is 16.9 Å². The first-order valence-corrected chi connectivity index (χ1v) is 18.0. The standard InChI is InChI=1S/C21H24N4O4S.C17H15N3O4S/c1-14-5-7-15(8-6-14)18-13-19(23-20(26)27-21(2,3)4)24-25(18)16-9-11-17(12-10-16)30-29-28-22;1-11-2-4-12(5-3-11)16-10-15(17(21)22)19-20(16)13-6-8-14(9-7-13)25-24-23-18/h5-13H,22H2,1-4H3,(H,23,24,26);2-10H,18H2,1H3,(H,21,22). The van der Waals surface area contributed by atoms with Gasteiger partial charge in [0.15, 0.2) is 11.5 Å². The van der Waals surface area contributed by atoms with E-state index < -0.39 is 17.7 Å². The monoisotopic (exact) mass is 785 g/mol. The second-order valence-corrected chi connectivity index (χ2v) is 14.3. The summed E-state index contributed by atoms with van der Waals surface area (Å²) in [6.45, 7) is 9.44. The lowest BCUT2D eigenvalue weighted by Crippen LogP contribution is -2.27. The first kappa shape index (κ1) is 40.7. The number of carboxylic acids is 1. The van der Waals surface area contributed by atoms with Crippen molar-refractivity contribution in [1.29, 1.82) is 0 Å². The minimum atomic E-state index is -1.08. The molecule has 0 unspecified atom stereocenters. The van der Waals surface area contributed by atoms with Gasteiger partial charge in [0.05, 0.1) is 46.8 Å². The lowest BCUT2D eigenvalue weighted by atomic mass is 10.1. The quantitative estimate of drug-likeness (QED) is 0.0523. The Morgan fingerprint density at radius 2 is 1.11 bits per heavy atom. The number of ether oxygens (including phenoxy) is 1. The van der Waals surface area contributed by atoms with Gasteiger partial charge in [0.1, 0.15) is 5.60 Å². The topological polar surface area (TPSA) is 200 Å². The number of carboxylic acid groups (broad SMARTS) is 1. The third kappa shape index (κ3) is 11.5. The molecule has 6 rings (SSSR count). The van der Waals surface area contributed by atoms with E-state index in [0.717, 1.165) is 73.2 Å². The van der Waals surface area contributed by atoms with Gasteiger partial charge in [-0.3, -0.25) is 5.32 Å². The van der Waals surface area contributed by atoms with Crippen LogP contribution >= 0.6 is 24.1 Å². The van der Waals surface area contributed by atoms with Gasteiger partial charge < -0.3 is 9.84 Å². The van der Waals surface area contributed by atoms with Crippen molar-refractivity contribution >= 4 is 42.0 Å². The molecule has 286 valence electrons. The van der Waals surface area contributed by atoms with Crippen molar-refractivity contribution in [1.82, 2.24) is 19.6 Å². The molecule has 0 aliphatic rings. The van der Waals surface area contributed by atoms with E-state index >= 15 is 0 Å². The number of aryl methyl sites for hydroxylation is 2. The molecule has 0 aliphatic carbocycles.